The van der Waals surface area contributed by atoms with Gasteiger partial charge in [-0.05, 0) is 37.6 Å². The first-order valence-corrected chi connectivity index (χ1v) is 7.63. The largest absolute Gasteiger partial charge is 0.497 e. The molecule has 1 fully saturated rings. The zero-order valence-corrected chi connectivity index (χ0v) is 13.3. The van der Waals surface area contributed by atoms with Crippen molar-refractivity contribution in [2.24, 2.45) is 5.92 Å². The predicted molar refractivity (Wildman–Crippen MR) is 83.5 cm³/mol. The number of Topliss-reactive ketones (excluding diaryl/α,β-unsaturated/α-hetero) is 1. The van der Waals surface area contributed by atoms with E-state index in [1.165, 1.54) is 0 Å². The number of carboxylic acids is 1. The summed E-state index contributed by atoms with van der Waals surface area (Å²) in [7, 11) is 1.55. The number of hydrogen-bond acceptors (Lipinski definition) is 4. The van der Waals surface area contributed by atoms with Crippen molar-refractivity contribution in [3.63, 3.8) is 0 Å². The van der Waals surface area contributed by atoms with Crippen LogP contribution in [-0.2, 0) is 9.59 Å². The molecule has 0 spiro atoms. The van der Waals surface area contributed by atoms with Crippen LogP contribution in [0.15, 0.2) is 24.3 Å². The molecule has 1 aromatic rings. The topological polar surface area (TPSA) is 83.9 Å². The molecule has 0 radical (unpaired) electrons. The van der Waals surface area contributed by atoms with Gasteiger partial charge in [-0.2, -0.15) is 0 Å². The fourth-order valence-electron chi connectivity index (χ4n) is 2.91. The molecular formula is C17H21NO5. The highest BCUT2D eigenvalue weighted by atomic mass is 16.5. The molecule has 1 amide bonds. The minimum absolute atomic E-state index is 0.0988. The van der Waals surface area contributed by atoms with Crippen molar-refractivity contribution in [2.75, 3.05) is 13.7 Å². The third kappa shape index (κ3) is 3.88. The van der Waals surface area contributed by atoms with Crippen LogP contribution in [0.2, 0.25) is 0 Å². The van der Waals surface area contributed by atoms with Gasteiger partial charge < -0.3 is 14.7 Å². The van der Waals surface area contributed by atoms with Crippen molar-refractivity contribution < 1.29 is 24.2 Å². The Hall–Kier alpha value is -2.37. The van der Waals surface area contributed by atoms with Crippen LogP contribution >= 0.6 is 0 Å². The lowest BCUT2D eigenvalue weighted by molar-refractivity contribution is -0.143. The molecule has 23 heavy (non-hydrogen) atoms. The number of benzene rings is 1. The normalized spacial score (nSPS) is 20.3. The van der Waals surface area contributed by atoms with Gasteiger partial charge in [-0.3, -0.25) is 14.4 Å². The van der Waals surface area contributed by atoms with E-state index in [1.807, 2.05) is 0 Å². The van der Waals surface area contributed by atoms with Gasteiger partial charge in [0.05, 0.1) is 13.0 Å². The van der Waals surface area contributed by atoms with E-state index in [9.17, 15) is 14.4 Å². The molecule has 1 aliphatic heterocycles. The molecule has 1 heterocycles. The van der Waals surface area contributed by atoms with E-state index in [0.29, 0.717) is 24.3 Å². The number of carboxylic acid groups (broad SMARTS) is 1. The van der Waals surface area contributed by atoms with E-state index in [1.54, 1.807) is 43.2 Å². The van der Waals surface area contributed by atoms with Gasteiger partial charge in [0, 0.05) is 31.0 Å². The average molecular weight is 319 g/mol. The maximum absolute atomic E-state index is 12.2. The number of likely N-dealkylation sites (tertiary alicyclic amines) is 1. The molecule has 6 heteroatoms. The minimum Gasteiger partial charge on any atom is -0.497 e. The molecule has 1 N–H and O–H groups in total. The van der Waals surface area contributed by atoms with Crippen LogP contribution in [0.25, 0.3) is 0 Å². The van der Waals surface area contributed by atoms with Gasteiger partial charge in [0.25, 0.3) is 0 Å². The van der Waals surface area contributed by atoms with Crippen LogP contribution in [0.5, 0.6) is 5.75 Å². The monoisotopic (exact) mass is 319 g/mol. The lowest BCUT2D eigenvalue weighted by Gasteiger charge is -2.23. The number of nitrogens with zero attached hydrogens (tertiary/aromatic N) is 1. The molecule has 1 aliphatic rings. The molecule has 2 atom stereocenters. The van der Waals surface area contributed by atoms with E-state index < -0.39 is 11.9 Å². The molecule has 0 saturated carbocycles. The summed E-state index contributed by atoms with van der Waals surface area (Å²) in [4.78, 5) is 37.0. The Bertz CT molecular complexity index is 596. The van der Waals surface area contributed by atoms with Crippen molar-refractivity contribution in [3.05, 3.63) is 29.8 Å². The molecule has 2 unspecified atom stereocenters. The van der Waals surface area contributed by atoms with Gasteiger partial charge in [0.1, 0.15) is 5.75 Å². The molecule has 0 bridgehead atoms. The van der Waals surface area contributed by atoms with Gasteiger partial charge in [0.15, 0.2) is 5.78 Å². The van der Waals surface area contributed by atoms with E-state index >= 15 is 0 Å². The molecule has 2 rings (SSSR count). The van der Waals surface area contributed by atoms with Crippen LogP contribution in [0.3, 0.4) is 0 Å². The molecule has 0 aromatic heterocycles. The van der Waals surface area contributed by atoms with Crippen molar-refractivity contribution in [1.29, 1.82) is 0 Å². The predicted octanol–water partition coefficient (Wildman–Crippen LogP) is 1.98. The van der Waals surface area contributed by atoms with Crippen molar-refractivity contribution in [3.8, 4) is 5.75 Å². The van der Waals surface area contributed by atoms with Gasteiger partial charge >= 0.3 is 5.97 Å². The number of carbonyl (C=O) groups excluding carboxylic acids is 2. The van der Waals surface area contributed by atoms with Crippen LogP contribution < -0.4 is 4.74 Å². The summed E-state index contributed by atoms with van der Waals surface area (Å²) < 4.78 is 5.04. The van der Waals surface area contributed by atoms with Crippen molar-refractivity contribution >= 4 is 17.7 Å². The third-order valence-corrected chi connectivity index (χ3v) is 4.37. The average Bonchev–Trinajstić information content (AvgIpc) is 2.94. The van der Waals surface area contributed by atoms with Crippen molar-refractivity contribution in [1.82, 2.24) is 4.90 Å². The summed E-state index contributed by atoms with van der Waals surface area (Å²) in [6, 6.07) is 6.43. The molecular weight excluding hydrogens is 298 g/mol. The standard InChI is InChI=1S/C17H21NO5/c1-11-14(17(21)22)9-10-18(11)16(20)8-7-15(19)12-3-5-13(23-2)6-4-12/h3-6,11,14H,7-10H2,1-2H3,(H,21,22). The van der Waals surface area contributed by atoms with E-state index in [-0.39, 0.29) is 30.6 Å². The zero-order chi connectivity index (χ0) is 17.0. The number of hydrogen-bond donors (Lipinski definition) is 1. The van der Waals surface area contributed by atoms with Crippen molar-refractivity contribution in [2.45, 2.75) is 32.2 Å². The molecule has 6 nitrogen and oxygen atoms in total. The first kappa shape index (κ1) is 17.0. The van der Waals surface area contributed by atoms with Crippen LogP contribution in [-0.4, -0.2) is 47.4 Å². The lowest BCUT2D eigenvalue weighted by atomic mass is 10.0. The molecule has 1 saturated heterocycles. The Labute approximate surface area is 135 Å². The summed E-state index contributed by atoms with van der Waals surface area (Å²) in [6.07, 6.45) is 0.683. The smallest absolute Gasteiger partial charge is 0.308 e. The van der Waals surface area contributed by atoms with E-state index in [4.69, 9.17) is 9.84 Å². The number of amides is 1. The quantitative estimate of drug-likeness (QED) is 0.811. The number of ketones is 1. The lowest BCUT2D eigenvalue weighted by Crippen LogP contribution is -2.37. The molecule has 0 aliphatic carbocycles. The third-order valence-electron chi connectivity index (χ3n) is 4.37. The summed E-state index contributed by atoms with van der Waals surface area (Å²) in [5.74, 6) is -0.993. The number of ether oxygens (including phenoxy) is 1. The Morgan fingerprint density at radius 2 is 1.87 bits per heavy atom. The van der Waals surface area contributed by atoms with E-state index in [2.05, 4.69) is 0 Å². The minimum atomic E-state index is -0.873. The Morgan fingerprint density at radius 1 is 1.22 bits per heavy atom. The second-order valence-electron chi connectivity index (χ2n) is 5.71. The summed E-state index contributed by atoms with van der Waals surface area (Å²) >= 11 is 0. The number of carbonyl (C=O) groups is 3. The fourth-order valence-corrected chi connectivity index (χ4v) is 2.91. The molecule has 1 aromatic carbocycles. The fraction of sp³-hybridized carbons (Fsp3) is 0.471. The van der Waals surface area contributed by atoms with Crippen LogP contribution in [0.4, 0.5) is 0 Å². The Balaban J connectivity index is 1.88. The highest BCUT2D eigenvalue weighted by Crippen LogP contribution is 2.25. The van der Waals surface area contributed by atoms with Gasteiger partial charge in [-0.25, -0.2) is 0 Å². The van der Waals surface area contributed by atoms with E-state index in [0.717, 1.165) is 0 Å². The number of rotatable bonds is 6. The summed E-state index contributed by atoms with van der Waals surface area (Å²) in [5, 5.41) is 9.09. The van der Waals surface area contributed by atoms with Gasteiger partial charge in [-0.15, -0.1) is 0 Å². The number of aliphatic carboxylic acids is 1. The highest BCUT2D eigenvalue weighted by molar-refractivity contribution is 5.98. The number of methoxy groups -OCH3 is 1. The summed E-state index contributed by atoms with van der Waals surface area (Å²) in [5.41, 5.74) is 0.538. The first-order chi connectivity index (χ1) is 10.9. The Kier molecular flexibility index (Phi) is 5.36. The second kappa shape index (κ2) is 7.26. The van der Waals surface area contributed by atoms with Crippen LogP contribution in [0.1, 0.15) is 36.5 Å². The molecule has 124 valence electrons. The Morgan fingerprint density at radius 3 is 2.39 bits per heavy atom. The first-order valence-electron chi connectivity index (χ1n) is 7.63. The highest BCUT2D eigenvalue weighted by Gasteiger charge is 2.37. The van der Waals surface area contributed by atoms with Crippen LogP contribution in [0, 0.1) is 5.92 Å². The second-order valence-corrected chi connectivity index (χ2v) is 5.71. The maximum atomic E-state index is 12.2. The summed E-state index contributed by atoms with van der Waals surface area (Å²) in [6.45, 7) is 2.18. The maximum Gasteiger partial charge on any atom is 0.308 e. The SMILES string of the molecule is COc1ccc(C(=O)CCC(=O)N2CCC(C(=O)O)C2C)cc1. The van der Waals surface area contributed by atoms with Gasteiger partial charge in [0.2, 0.25) is 5.91 Å². The zero-order valence-electron chi connectivity index (χ0n) is 13.3. The van der Waals surface area contributed by atoms with Gasteiger partial charge in [-0.1, -0.05) is 0 Å².